The molecule has 0 saturated heterocycles. The summed E-state index contributed by atoms with van der Waals surface area (Å²) >= 11 is 5.29. The number of furan rings is 1. The van der Waals surface area contributed by atoms with E-state index in [-0.39, 0.29) is 18.8 Å². The van der Waals surface area contributed by atoms with Crippen molar-refractivity contribution in [2.45, 2.75) is 26.8 Å². The van der Waals surface area contributed by atoms with Crippen molar-refractivity contribution in [3.05, 3.63) is 88.3 Å². The highest BCUT2D eigenvalue weighted by Crippen LogP contribution is 2.33. The minimum atomic E-state index is -1.03. The number of amides is 1. The maximum Gasteiger partial charge on any atom is 0.338 e. The number of nitrogens with one attached hydrogen (secondary N) is 3. The summed E-state index contributed by atoms with van der Waals surface area (Å²) in [4.78, 5) is 36.5. The highest BCUT2D eigenvalue weighted by atomic mass is 32.1. The van der Waals surface area contributed by atoms with Gasteiger partial charge in [-0.25, -0.2) is 15.0 Å². The average molecular weight is 577 g/mol. The van der Waals surface area contributed by atoms with Crippen molar-refractivity contribution < 1.29 is 33.4 Å². The highest BCUT2D eigenvalue weighted by molar-refractivity contribution is 7.80. The molecule has 212 valence electrons. The average Bonchev–Trinajstić information content (AvgIpc) is 3.40. The lowest BCUT2D eigenvalue weighted by Crippen LogP contribution is -2.45. The molecule has 0 radical (unpaired) electrons. The zero-order chi connectivity index (χ0) is 29.5. The van der Waals surface area contributed by atoms with Gasteiger partial charge >= 0.3 is 11.9 Å². The Hall–Kier alpha value is -4.97. The molecule has 1 aliphatic heterocycles. The molecular weight excluding hydrogens is 548 g/mol. The molecule has 4 N–H and O–H groups in total. The number of benzene rings is 2. The largest absolute Gasteiger partial charge is 0.483 e. The zero-order valence-corrected chi connectivity index (χ0v) is 23.3. The number of aromatic carboxylic acids is 1. The van der Waals surface area contributed by atoms with Crippen LogP contribution in [0.15, 0.2) is 75.4 Å². The molecule has 0 spiro atoms. The molecule has 0 saturated carbocycles. The Morgan fingerprint density at radius 3 is 2.68 bits per heavy atom. The van der Waals surface area contributed by atoms with Gasteiger partial charge in [-0.1, -0.05) is 24.3 Å². The maximum absolute atomic E-state index is 12.7. The molecule has 1 aliphatic rings. The van der Waals surface area contributed by atoms with E-state index in [1.807, 2.05) is 6.92 Å². The van der Waals surface area contributed by atoms with E-state index in [1.165, 1.54) is 18.3 Å². The number of carbonyl (C=O) groups is 3. The summed E-state index contributed by atoms with van der Waals surface area (Å²) in [6.45, 7) is 5.16. The van der Waals surface area contributed by atoms with Crippen molar-refractivity contribution in [1.29, 1.82) is 0 Å². The lowest BCUT2D eigenvalue weighted by molar-refractivity contribution is -0.139. The first kappa shape index (κ1) is 29.0. The van der Waals surface area contributed by atoms with Gasteiger partial charge in [0.2, 0.25) is 0 Å². The van der Waals surface area contributed by atoms with Crippen LogP contribution in [-0.4, -0.2) is 47.5 Å². The number of hydrazone groups is 1. The van der Waals surface area contributed by atoms with Gasteiger partial charge in [0.25, 0.3) is 5.91 Å². The Morgan fingerprint density at radius 1 is 1.15 bits per heavy atom. The first-order chi connectivity index (χ1) is 19.7. The second-order valence-electron chi connectivity index (χ2n) is 8.95. The number of allylic oxidation sites excluding steroid dienone is 1. The summed E-state index contributed by atoms with van der Waals surface area (Å²) in [5.74, 6) is -0.861. The van der Waals surface area contributed by atoms with Crippen LogP contribution in [0.2, 0.25) is 0 Å². The second kappa shape index (κ2) is 12.9. The third-order valence-corrected chi connectivity index (χ3v) is 6.33. The molecule has 0 fully saturated rings. The fourth-order valence-corrected chi connectivity index (χ4v) is 4.46. The van der Waals surface area contributed by atoms with Crippen molar-refractivity contribution in [3.63, 3.8) is 0 Å². The number of ether oxygens (including phenoxy) is 2. The molecule has 12 heteroatoms. The first-order valence-corrected chi connectivity index (χ1v) is 13.0. The van der Waals surface area contributed by atoms with Gasteiger partial charge in [0.05, 0.1) is 30.0 Å². The number of nitrogens with zero attached hydrogens (tertiary/aromatic N) is 1. The molecule has 4 rings (SSSR count). The first-order valence-electron chi connectivity index (χ1n) is 12.6. The third kappa shape index (κ3) is 6.97. The molecule has 0 aliphatic carbocycles. The Bertz CT molecular complexity index is 1560. The number of carboxylic acids is 1. The summed E-state index contributed by atoms with van der Waals surface area (Å²) in [6, 6.07) is 14.5. The SMILES string of the molecule is CCOC(=O)C1=C(C)NC(=S)N[C@H]1c1ccccc1OCC(=O)NN=Cc1ccc(-c2cc(C(=O)O)ccc2C)o1. The smallest absolute Gasteiger partial charge is 0.338 e. The predicted molar refractivity (Wildman–Crippen MR) is 154 cm³/mol. The molecule has 2 heterocycles. The zero-order valence-electron chi connectivity index (χ0n) is 22.5. The van der Waals surface area contributed by atoms with Crippen LogP contribution in [0.4, 0.5) is 0 Å². The van der Waals surface area contributed by atoms with Crippen LogP contribution in [0.3, 0.4) is 0 Å². The van der Waals surface area contributed by atoms with Gasteiger partial charge in [-0.05, 0) is 68.9 Å². The molecule has 1 atom stereocenters. The predicted octanol–water partition coefficient (Wildman–Crippen LogP) is 3.84. The van der Waals surface area contributed by atoms with Crippen molar-refractivity contribution in [2.75, 3.05) is 13.2 Å². The quantitative estimate of drug-likeness (QED) is 0.121. The third-order valence-electron chi connectivity index (χ3n) is 6.11. The van der Waals surface area contributed by atoms with Gasteiger partial charge in [-0.2, -0.15) is 5.10 Å². The molecule has 3 aromatic rings. The van der Waals surface area contributed by atoms with Gasteiger partial charge < -0.3 is 29.6 Å². The van der Waals surface area contributed by atoms with Gasteiger partial charge in [-0.3, -0.25) is 4.79 Å². The lowest BCUT2D eigenvalue weighted by atomic mass is 9.95. The van der Waals surface area contributed by atoms with E-state index in [9.17, 15) is 19.5 Å². The molecular formula is C29H28N4O7S. The Balaban J connectivity index is 1.41. The molecule has 0 bridgehead atoms. The summed E-state index contributed by atoms with van der Waals surface area (Å²) in [6.07, 6.45) is 1.32. The van der Waals surface area contributed by atoms with Crippen molar-refractivity contribution in [1.82, 2.24) is 16.1 Å². The van der Waals surface area contributed by atoms with Crippen LogP contribution in [0, 0.1) is 6.92 Å². The van der Waals surface area contributed by atoms with E-state index in [0.717, 1.165) is 5.56 Å². The maximum atomic E-state index is 12.7. The van der Waals surface area contributed by atoms with Crippen molar-refractivity contribution >= 4 is 41.4 Å². The Labute approximate surface area is 241 Å². The number of carbonyl (C=O) groups excluding carboxylic acids is 2. The van der Waals surface area contributed by atoms with Gasteiger partial charge in [-0.15, -0.1) is 0 Å². The number of esters is 1. The summed E-state index contributed by atoms with van der Waals surface area (Å²) < 4.78 is 16.8. The number of para-hydroxylation sites is 1. The Kier molecular flexibility index (Phi) is 9.15. The molecule has 1 amide bonds. The fourth-order valence-electron chi connectivity index (χ4n) is 4.19. The van der Waals surface area contributed by atoms with E-state index < -0.39 is 23.9 Å². The van der Waals surface area contributed by atoms with Crippen LogP contribution >= 0.6 is 12.2 Å². The molecule has 2 aromatic carbocycles. The molecule has 1 aromatic heterocycles. The van der Waals surface area contributed by atoms with Gasteiger partial charge in [0.1, 0.15) is 17.3 Å². The monoisotopic (exact) mass is 576 g/mol. The fraction of sp³-hybridized carbons (Fsp3) is 0.207. The van der Waals surface area contributed by atoms with Crippen LogP contribution in [-0.2, 0) is 14.3 Å². The Morgan fingerprint density at radius 2 is 1.93 bits per heavy atom. The van der Waals surface area contributed by atoms with E-state index in [1.54, 1.807) is 56.3 Å². The van der Waals surface area contributed by atoms with Crippen LogP contribution in [0.25, 0.3) is 11.3 Å². The van der Waals surface area contributed by atoms with E-state index in [4.69, 9.17) is 26.1 Å². The van der Waals surface area contributed by atoms with Gasteiger partial charge in [0.15, 0.2) is 11.7 Å². The summed E-state index contributed by atoms with van der Waals surface area (Å²) in [7, 11) is 0. The van der Waals surface area contributed by atoms with Crippen LogP contribution in [0.5, 0.6) is 5.75 Å². The number of thiocarbonyl (C=S) groups is 1. The number of hydrogen-bond acceptors (Lipinski definition) is 8. The molecule has 0 unspecified atom stereocenters. The number of carboxylic acid groups (broad SMARTS) is 1. The van der Waals surface area contributed by atoms with Gasteiger partial charge in [0, 0.05) is 16.8 Å². The van der Waals surface area contributed by atoms with Crippen LogP contribution < -0.4 is 20.8 Å². The minimum absolute atomic E-state index is 0.146. The van der Waals surface area contributed by atoms with E-state index in [0.29, 0.717) is 44.8 Å². The highest BCUT2D eigenvalue weighted by Gasteiger charge is 2.32. The van der Waals surface area contributed by atoms with E-state index in [2.05, 4.69) is 21.2 Å². The summed E-state index contributed by atoms with van der Waals surface area (Å²) in [5, 5.41) is 19.5. The minimum Gasteiger partial charge on any atom is -0.483 e. The molecule has 11 nitrogen and oxygen atoms in total. The molecule has 41 heavy (non-hydrogen) atoms. The van der Waals surface area contributed by atoms with Crippen molar-refractivity contribution in [2.24, 2.45) is 5.10 Å². The standard InChI is InChI=1S/C29H28N4O7S/c1-4-38-28(37)25-17(3)31-29(41)32-26(25)20-7-5-6-8-22(20)39-15-24(34)33-30-14-19-11-12-23(40-19)21-13-18(27(35)36)10-9-16(21)2/h5-14,26H,4,15H2,1-3H3,(H,33,34)(H,35,36)(H2,31,32,41)/t26-/m0/s1. The number of hydrogen-bond donors (Lipinski definition) is 4. The normalized spacial score (nSPS) is 14.8. The van der Waals surface area contributed by atoms with E-state index >= 15 is 0 Å². The second-order valence-corrected chi connectivity index (χ2v) is 9.36. The summed E-state index contributed by atoms with van der Waals surface area (Å²) in [5.41, 5.74) is 5.53. The number of aryl methyl sites for hydroxylation is 1. The number of rotatable bonds is 10. The topological polar surface area (TPSA) is 151 Å². The van der Waals surface area contributed by atoms with Crippen molar-refractivity contribution in [3.8, 4) is 17.1 Å². The lowest BCUT2D eigenvalue weighted by Gasteiger charge is -2.30. The van der Waals surface area contributed by atoms with Crippen LogP contribution in [0.1, 0.15) is 47.1 Å².